The summed E-state index contributed by atoms with van der Waals surface area (Å²) in [7, 11) is 0. The normalized spacial score (nSPS) is 12.6. The molecular formula is C69H120O6. The molecule has 0 spiro atoms. The molecule has 0 saturated heterocycles. The maximum absolute atomic E-state index is 12.9. The van der Waals surface area contributed by atoms with Gasteiger partial charge in [0.25, 0.3) is 0 Å². The van der Waals surface area contributed by atoms with Crippen molar-refractivity contribution in [3.8, 4) is 0 Å². The molecule has 432 valence electrons. The summed E-state index contributed by atoms with van der Waals surface area (Å²) in [6.07, 6.45) is 83.2. The predicted octanol–water partition coefficient (Wildman–Crippen LogP) is 21.9. The number of carbonyl (C=O) groups is 3. The zero-order valence-corrected chi connectivity index (χ0v) is 49.6. The molecule has 0 aliphatic carbocycles. The summed E-state index contributed by atoms with van der Waals surface area (Å²) in [4.78, 5) is 38.2. The number of unbranched alkanes of at least 4 members (excludes halogenated alkanes) is 33. The first kappa shape index (κ1) is 71.6. The standard InChI is InChI=1S/C69H120O6/c1-4-7-10-13-16-19-22-25-27-29-31-32-33-34-35-36-38-39-41-44-47-50-53-56-59-62-68(71)74-65-66(64-73-67(70)61-58-55-52-49-46-43-24-21-18-15-12-9-6-3)75-69(72)63-60-57-54-51-48-45-42-40-37-30-28-26-23-20-17-14-11-8-5-2/h9,12,18,21-22,25,29,31,33-34,43,46,52,55,66H,4-8,10-11,13-17,19-20,23-24,26-28,30,32,35-42,44-45,47-51,53-54,56-65H2,1-3H3/b12-9-,21-18-,25-22-,31-29-,34-33-,46-43-,55-52-. The van der Waals surface area contributed by atoms with Crippen molar-refractivity contribution in [1.82, 2.24) is 0 Å². The summed E-state index contributed by atoms with van der Waals surface area (Å²) in [5, 5.41) is 0. The highest BCUT2D eigenvalue weighted by atomic mass is 16.6. The molecular weight excluding hydrogens is 925 g/mol. The summed E-state index contributed by atoms with van der Waals surface area (Å²) in [5.41, 5.74) is 0. The molecule has 0 radical (unpaired) electrons. The number of hydrogen-bond acceptors (Lipinski definition) is 6. The molecule has 6 heteroatoms. The van der Waals surface area contributed by atoms with Gasteiger partial charge >= 0.3 is 17.9 Å². The Hall–Kier alpha value is -3.41. The lowest BCUT2D eigenvalue weighted by Gasteiger charge is -2.18. The zero-order valence-electron chi connectivity index (χ0n) is 49.6. The number of hydrogen-bond donors (Lipinski definition) is 0. The Morgan fingerprint density at radius 1 is 0.280 bits per heavy atom. The molecule has 0 saturated carbocycles. The Kier molecular flexibility index (Phi) is 60.3. The smallest absolute Gasteiger partial charge is 0.306 e. The maximum atomic E-state index is 12.9. The molecule has 0 aromatic heterocycles. The van der Waals surface area contributed by atoms with Gasteiger partial charge in [-0.1, -0.05) is 298 Å². The molecule has 6 nitrogen and oxygen atoms in total. The zero-order chi connectivity index (χ0) is 54.3. The van der Waals surface area contributed by atoms with Gasteiger partial charge in [-0.3, -0.25) is 14.4 Å². The van der Waals surface area contributed by atoms with Crippen LogP contribution in [0.25, 0.3) is 0 Å². The van der Waals surface area contributed by atoms with Crippen LogP contribution in [-0.2, 0) is 28.6 Å². The van der Waals surface area contributed by atoms with Crippen LogP contribution in [0.1, 0.15) is 316 Å². The summed E-state index contributed by atoms with van der Waals surface area (Å²) < 4.78 is 16.8. The molecule has 0 N–H and O–H groups in total. The molecule has 0 aliphatic heterocycles. The number of allylic oxidation sites excluding steroid dienone is 14. The van der Waals surface area contributed by atoms with Crippen molar-refractivity contribution in [3.05, 3.63) is 85.1 Å². The van der Waals surface area contributed by atoms with Gasteiger partial charge in [-0.2, -0.15) is 0 Å². The topological polar surface area (TPSA) is 78.9 Å². The second-order valence-corrected chi connectivity index (χ2v) is 21.3. The van der Waals surface area contributed by atoms with E-state index in [-0.39, 0.29) is 37.5 Å². The van der Waals surface area contributed by atoms with Crippen LogP contribution >= 0.6 is 0 Å². The fourth-order valence-corrected chi connectivity index (χ4v) is 9.11. The Balaban J connectivity index is 4.34. The summed E-state index contributed by atoms with van der Waals surface area (Å²) in [6.45, 7) is 6.48. The molecule has 1 atom stereocenters. The largest absolute Gasteiger partial charge is 0.462 e. The highest BCUT2D eigenvalue weighted by Crippen LogP contribution is 2.17. The summed E-state index contributed by atoms with van der Waals surface area (Å²) in [6, 6.07) is 0. The minimum absolute atomic E-state index is 0.0982. The quantitative estimate of drug-likeness (QED) is 0.0261. The van der Waals surface area contributed by atoms with Gasteiger partial charge in [-0.05, 0) is 83.5 Å². The van der Waals surface area contributed by atoms with Gasteiger partial charge in [-0.15, -0.1) is 0 Å². The Bertz CT molecular complexity index is 1430. The molecule has 0 rings (SSSR count). The van der Waals surface area contributed by atoms with Gasteiger partial charge in [-0.25, -0.2) is 0 Å². The van der Waals surface area contributed by atoms with E-state index in [2.05, 4.69) is 99.8 Å². The molecule has 0 aliphatic rings. The van der Waals surface area contributed by atoms with E-state index in [1.54, 1.807) is 0 Å². The third-order valence-electron chi connectivity index (χ3n) is 13.9. The monoisotopic (exact) mass is 1040 g/mol. The summed E-state index contributed by atoms with van der Waals surface area (Å²) >= 11 is 0. The Morgan fingerprint density at radius 2 is 0.547 bits per heavy atom. The van der Waals surface area contributed by atoms with Gasteiger partial charge in [0.05, 0.1) is 0 Å². The molecule has 0 aromatic rings. The molecule has 0 heterocycles. The number of carbonyl (C=O) groups excluding carboxylic acids is 3. The highest BCUT2D eigenvalue weighted by molar-refractivity contribution is 5.71. The van der Waals surface area contributed by atoms with Gasteiger partial charge < -0.3 is 14.2 Å². The van der Waals surface area contributed by atoms with Crippen LogP contribution in [0.4, 0.5) is 0 Å². The van der Waals surface area contributed by atoms with Crippen LogP contribution in [-0.4, -0.2) is 37.2 Å². The minimum Gasteiger partial charge on any atom is -0.462 e. The van der Waals surface area contributed by atoms with E-state index in [0.717, 1.165) is 77.0 Å². The first-order chi connectivity index (χ1) is 37.0. The third-order valence-corrected chi connectivity index (χ3v) is 13.9. The van der Waals surface area contributed by atoms with Gasteiger partial charge in [0.2, 0.25) is 0 Å². The van der Waals surface area contributed by atoms with Crippen molar-refractivity contribution in [2.45, 2.75) is 322 Å². The first-order valence-electron chi connectivity index (χ1n) is 32.1. The first-order valence-corrected chi connectivity index (χ1v) is 32.1. The Morgan fingerprint density at radius 3 is 0.893 bits per heavy atom. The molecule has 1 unspecified atom stereocenters. The highest BCUT2D eigenvalue weighted by Gasteiger charge is 2.19. The lowest BCUT2D eigenvalue weighted by Crippen LogP contribution is -2.30. The van der Waals surface area contributed by atoms with Crippen molar-refractivity contribution >= 4 is 17.9 Å². The van der Waals surface area contributed by atoms with Gasteiger partial charge in [0, 0.05) is 19.3 Å². The van der Waals surface area contributed by atoms with Crippen molar-refractivity contribution < 1.29 is 28.6 Å². The van der Waals surface area contributed by atoms with Gasteiger partial charge in [0.1, 0.15) is 13.2 Å². The van der Waals surface area contributed by atoms with Crippen LogP contribution in [0.3, 0.4) is 0 Å². The van der Waals surface area contributed by atoms with Gasteiger partial charge in [0.15, 0.2) is 6.10 Å². The van der Waals surface area contributed by atoms with E-state index in [0.29, 0.717) is 19.3 Å². The molecule has 0 bridgehead atoms. The van der Waals surface area contributed by atoms with Crippen molar-refractivity contribution in [2.75, 3.05) is 13.2 Å². The lowest BCUT2D eigenvalue weighted by molar-refractivity contribution is -0.166. The van der Waals surface area contributed by atoms with Crippen LogP contribution < -0.4 is 0 Å². The lowest BCUT2D eigenvalue weighted by atomic mass is 10.0. The molecule has 0 amide bonds. The SMILES string of the molecule is CC/C=C\C/C=C\C/C=C\C/C=C\CCC(=O)OCC(COC(=O)CCCCCCCCCCCC/C=C\C/C=C\C/C=C\CCCCCCC)OC(=O)CCCCCCCCCCCCCCCCCCCCC. The second-order valence-electron chi connectivity index (χ2n) is 21.3. The number of esters is 3. The van der Waals surface area contributed by atoms with E-state index < -0.39 is 6.10 Å². The maximum Gasteiger partial charge on any atom is 0.306 e. The number of ether oxygens (including phenoxy) is 3. The molecule has 0 aromatic carbocycles. The molecule has 75 heavy (non-hydrogen) atoms. The van der Waals surface area contributed by atoms with E-state index >= 15 is 0 Å². The summed E-state index contributed by atoms with van der Waals surface area (Å²) in [5.74, 6) is -0.973. The number of rotatable bonds is 58. The van der Waals surface area contributed by atoms with Crippen LogP contribution in [0, 0.1) is 0 Å². The fraction of sp³-hybridized carbons (Fsp3) is 0.754. The Labute approximate surface area is 465 Å². The average Bonchev–Trinajstić information content (AvgIpc) is 3.41. The van der Waals surface area contributed by atoms with E-state index in [1.165, 1.54) is 193 Å². The van der Waals surface area contributed by atoms with E-state index in [9.17, 15) is 14.4 Å². The molecule has 0 fully saturated rings. The average molecular weight is 1050 g/mol. The minimum atomic E-state index is -0.806. The fourth-order valence-electron chi connectivity index (χ4n) is 9.11. The van der Waals surface area contributed by atoms with Crippen molar-refractivity contribution in [1.29, 1.82) is 0 Å². The third kappa shape index (κ3) is 61.3. The van der Waals surface area contributed by atoms with Crippen LogP contribution in [0.15, 0.2) is 85.1 Å². The van der Waals surface area contributed by atoms with E-state index in [4.69, 9.17) is 14.2 Å². The van der Waals surface area contributed by atoms with Crippen LogP contribution in [0.2, 0.25) is 0 Å². The van der Waals surface area contributed by atoms with Crippen molar-refractivity contribution in [3.63, 3.8) is 0 Å². The predicted molar refractivity (Wildman–Crippen MR) is 325 cm³/mol. The van der Waals surface area contributed by atoms with Crippen LogP contribution in [0.5, 0.6) is 0 Å². The second kappa shape index (κ2) is 63.1. The van der Waals surface area contributed by atoms with Crippen molar-refractivity contribution in [2.24, 2.45) is 0 Å². The van der Waals surface area contributed by atoms with E-state index in [1.807, 2.05) is 6.08 Å².